The maximum Gasteiger partial charge on any atom is 0.418 e. The van der Waals surface area contributed by atoms with Crippen LogP contribution in [0.4, 0.5) is 13.2 Å². The van der Waals surface area contributed by atoms with Crippen LogP contribution < -0.4 is 0 Å². The number of carbonyl (C=O) groups excluding carboxylic acids is 1. The molecule has 0 N–H and O–H groups in total. The lowest BCUT2D eigenvalue weighted by Crippen LogP contribution is -2.41. The van der Waals surface area contributed by atoms with E-state index in [9.17, 15) is 18.0 Å². The van der Waals surface area contributed by atoms with Crippen molar-refractivity contribution in [2.24, 2.45) is 5.41 Å². The molecule has 0 radical (unpaired) electrons. The maximum absolute atomic E-state index is 13.1. The first kappa shape index (κ1) is 16.2. The van der Waals surface area contributed by atoms with E-state index in [1.54, 1.807) is 0 Å². The van der Waals surface area contributed by atoms with Crippen LogP contribution in [0.5, 0.6) is 0 Å². The van der Waals surface area contributed by atoms with E-state index in [1.165, 1.54) is 11.1 Å². The van der Waals surface area contributed by atoms with Crippen molar-refractivity contribution in [3.63, 3.8) is 0 Å². The molecular weight excluding hydrogens is 309 g/mol. The molecule has 1 aromatic rings. The summed E-state index contributed by atoms with van der Waals surface area (Å²) in [5, 5.41) is 0. The van der Waals surface area contributed by atoms with Gasteiger partial charge < -0.3 is 9.64 Å². The fourth-order valence-electron chi connectivity index (χ4n) is 3.57. The summed E-state index contributed by atoms with van der Waals surface area (Å²) < 4.78 is 45.0. The molecule has 1 aromatic heterocycles. The highest BCUT2D eigenvalue weighted by atomic mass is 19.4. The zero-order valence-electron chi connectivity index (χ0n) is 12.7. The number of pyridine rings is 1. The van der Waals surface area contributed by atoms with Gasteiger partial charge in [0.25, 0.3) is 5.91 Å². The topological polar surface area (TPSA) is 42.4 Å². The number of rotatable bonds is 1. The third kappa shape index (κ3) is 3.34. The highest BCUT2D eigenvalue weighted by molar-refractivity contribution is 5.95. The molecule has 2 aliphatic rings. The predicted molar refractivity (Wildman–Crippen MR) is 76.9 cm³/mol. The van der Waals surface area contributed by atoms with E-state index in [0.717, 1.165) is 31.7 Å². The van der Waals surface area contributed by atoms with Crippen molar-refractivity contribution in [1.82, 2.24) is 9.88 Å². The second kappa shape index (κ2) is 6.11. The molecule has 2 heterocycles. The van der Waals surface area contributed by atoms with Crippen molar-refractivity contribution in [2.45, 2.75) is 31.9 Å². The molecule has 3 rings (SSSR count). The summed E-state index contributed by atoms with van der Waals surface area (Å²) in [6.45, 7) is 1.73. The number of hydrogen-bond donors (Lipinski definition) is 0. The van der Waals surface area contributed by atoms with Crippen LogP contribution in [0.2, 0.25) is 0 Å². The third-order valence-electron chi connectivity index (χ3n) is 4.75. The number of ether oxygens (including phenoxy) is 1. The van der Waals surface area contributed by atoms with Crippen molar-refractivity contribution < 1.29 is 22.7 Å². The first-order chi connectivity index (χ1) is 10.9. The van der Waals surface area contributed by atoms with E-state index in [1.807, 2.05) is 0 Å². The largest absolute Gasteiger partial charge is 0.418 e. The van der Waals surface area contributed by atoms with E-state index < -0.39 is 17.6 Å². The minimum atomic E-state index is -4.59. The minimum Gasteiger partial charge on any atom is -0.379 e. The molecule has 2 fully saturated rings. The van der Waals surface area contributed by atoms with Crippen molar-refractivity contribution in [3.8, 4) is 0 Å². The Hall–Kier alpha value is -1.63. The molecule has 0 aromatic carbocycles. The van der Waals surface area contributed by atoms with Crippen LogP contribution in [-0.2, 0) is 10.9 Å². The van der Waals surface area contributed by atoms with Crippen LogP contribution in [0.1, 0.15) is 41.6 Å². The highest BCUT2D eigenvalue weighted by Gasteiger charge is 2.41. The summed E-state index contributed by atoms with van der Waals surface area (Å²) in [4.78, 5) is 17.7. The second-order valence-electron chi connectivity index (χ2n) is 6.41. The van der Waals surface area contributed by atoms with Crippen molar-refractivity contribution >= 4 is 5.91 Å². The molecule has 0 atom stereocenters. The Bertz CT molecular complexity index is 583. The third-order valence-corrected chi connectivity index (χ3v) is 4.75. The number of nitrogens with zero attached hydrogens (tertiary/aromatic N) is 2. The van der Waals surface area contributed by atoms with Crippen molar-refractivity contribution in [3.05, 3.63) is 29.6 Å². The normalized spacial score (nSPS) is 21.4. The Kier molecular flexibility index (Phi) is 4.31. The summed E-state index contributed by atoms with van der Waals surface area (Å²) in [6, 6.07) is 1.15. The Morgan fingerprint density at radius 2 is 2.04 bits per heavy atom. The summed E-state index contributed by atoms with van der Waals surface area (Å²) in [5.41, 5.74) is -1.41. The zero-order chi connectivity index (χ0) is 16.5. The van der Waals surface area contributed by atoms with E-state index in [4.69, 9.17) is 4.74 Å². The standard InChI is InChI=1S/C16H19F3N2O2/c17-16(18,19)13-9-20-6-3-12(13)14(22)21-7-8-23-11-15(10-21)4-1-2-5-15/h3,6,9H,1-2,4-5,7-8,10-11H2. The Morgan fingerprint density at radius 1 is 1.30 bits per heavy atom. The van der Waals surface area contributed by atoms with Gasteiger partial charge in [-0.2, -0.15) is 13.2 Å². The number of halogens is 3. The first-order valence-electron chi connectivity index (χ1n) is 7.80. The molecule has 0 bridgehead atoms. The van der Waals surface area contributed by atoms with Gasteiger partial charge in [0.1, 0.15) is 0 Å². The van der Waals surface area contributed by atoms with E-state index in [-0.39, 0.29) is 11.0 Å². The van der Waals surface area contributed by atoms with Gasteiger partial charge in [0.05, 0.1) is 24.3 Å². The molecule has 1 spiro atoms. The molecule has 7 heteroatoms. The van der Waals surface area contributed by atoms with Crippen LogP contribution in [0.15, 0.2) is 18.5 Å². The van der Waals surface area contributed by atoms with Gasteiger partial charge in [-0.3, -0.25) is 9.78 Å². The lowest BCUT2D eigenvalue weighted by Gasteiger charge is -2.32. The Balaban J connectivity index is 1.88. The van der Waals surface area contributed by atoms with Gasteiger partial charge in [-0.25, -0.2) is 0 Å². The predicted octanol–water partition coefficient (Wildman–Crippen LogP) is 3.13. The van der Waals surface area contributed by atoms with E-state index in [2.05, 4.69) is 4.98 Å². The SMILES string of the molecule is O=C(c1ccncc1C(F)(F)F)N1CCOCC2(CCCC2)C1. The summed E-state index contributed by atoms with van der Waals surface area (Å²) >= 11 is 0. The van der Waals surface area contributed by atoms with Gasteiger partial charge in [-0.05, 0) is 18.9 Å². The van der Waals surface area contributed by atoms with Crippen LogP contribution in [0, 0.1) is 5.41 Å². The molecular formula is C16H19F3N2O2. The lowest BCUT2D eigenvalue weighted by atomic mass is 9.86. The lowest BCUT2D eigenvalue weighted by molar-refractivity contribution is -0.138. The molecule has 126 valence electrons. The van der Waals surface area contributed by atoms with Crippen molar-refractivity contribution in [1.29, 1.82) is 0 Å². The van der Waals surface area contributed by atoms with Crippen LogP contribution in [-0.4, -0.2) is 42.1 Å². The summed E-state index contributed by atoms with van der Waals surface area (Å²) in [6.07, 6.45) is 1.42. The van der Waals surface area contributed by atoms with Crippen molar-refractivity contribution in [2.75, 3.05) is 26.3 Å². The monoisotopic (exact) mass is 328 g/mol. The highest BCUT2D eigenvalue weighted by Crippen LogP contribution is 2.40. The fourth-order valence-corrected chi connectivity index (χ4v) is 3.57. The summed E-state index contributed by atoms with van der Waals surface area (Å²) in [5.74, 6) is -0.587. The van der Waals surface area contributed by atoms with E-state index in [0.29, 0.717) is 32.5 Å². The molecule has 4 nitrogen and oxygen atoms in total. The number of carbonyl (C=O) groups is 1. The number of alkyl halides is 3. The van der Waals surface area contributed by atoms with Gasteiger partial charge >= 0.3 is 6.18 Å². The van der Waals surface area contributed by atoms with Crippen LogP contribution in [0.25, 0.3) is 0 Å². The van der Waals surface area contributed by atoms with Gasteiger partial charge in [0, 0.05) is 30.9 Å². The van der Waals surface area contributed by atoms with Gasteiger partial charge in [-0.15, -0.1) is 0 Å². The number of amides is 1. The van der Waals surface area contributed by atoms with Crippen LogP contribution >= 0.6 is 0 Å². The van der Waals surface area contributed by atoms with Gasteiger partial charge in [0.2, 0.25) is 0 Å². The number of aromatic nitrogens is 1. The molecule has 1 saturated carbocycles. The average molecular weight is 328 g/mol. The summed E-state index contributed by atoms with van der Waals surface area (Å²) in [7, 11) is 0. The Morgan fingerprint density at radius 3 is 2.74 bits per heavy atom. The van der Waals surface area contributed by atoms with Gasteiger partial charge in [-0.1, -0.05) is 12.8 Å². The molecule has 23 heavy (non-hydrogen) atoms. The maximum atomic E-state index is 13.1. The second-order valence-corrected chi connectivity index (χ2v) is 6.41. The van der Waals surface area contributed by atoms with Crippen LogP contribution in [0.3, 0.4) is 0 Å². The molecule has 1 saturated heterocycles. The molecule has 0 unspecified atom stereocenters. The minimum absolute atomic E-state index is 0.0996. The van der Waals surface area contributed by atoms with Gasteiger partial charge in [0.15, 0.2) is 0 Å². The molecule has 1 aliphatic carbocycles. The smallest absolute Gasteiger partial charge is 0.379 e. The van der Waals surface area contributed by atoms with E-state index >= 15 is 0 Å². The average Bonchev–Trinajstić information content (AvgIpc) is 2.86. The quantitative estimate of drug-likeness (QED) is 0.795. The zero-order valence-corrected chi connectivity index (χ0v) is 12.7. The first-order valence-corrected chi connectivity index (χ1v) is 7.80. The number of hydrogen-bond acceptors (Lipinski definition) is 3. The molecule has 1 amide bonds. The molecule has 1 aliphatic heterocycles. The Labute approximate surface area is 132 Å². The fraction of sp³-hybridized carbons (Fsp3) is 0.625.